The summed E-state index contributed by atoms with van der Waals surface area (Å²) in [4.78, 5) is 11.8. The number of methoxy groups -OCH3 is 2. The average molecular weight is 296 g/mol. The van der Waals surface area contributed by atoms with Crippen molar-refractivity contribution in [3.8, 4) is 17.2 Å². The molecular formula is C15H24N2O4. The number of phenolic OH excluding ortho intramolecular Hbond substituents is 1. The van der Waals surface area contributed by atoms with E-state index in [9.17, 15) is 9.90 Å². The summed E-state index contributed by atoms with van der Waals surface area (Å²) in [6.07, 6.45) is 0. The molecule has 0 fully saturated rings. The van der Waals surface area contributed by atoms with Crippen molar-refractivity contribution in [2.24, 2.45) is 0 Å². The number of benzene rings is 1. The second-order valence-electron chi connectivity index (χ2n) is 5.11. The van der Waals surface area contributed by atoms with Crippen molar-refractivity contribution in [2.45, 2.75) is 39.4 Å². The maximum Gasteiger partial charge on any atom is 0.237 e. The van der Waals surface area contributed by atoms with Crippen LogP contribution in [-0.4, -0.2) is 37.3 Å². The van der Waals surface area contributed by atoms with Crippen molar-refractivity contribution >= 4 is 5.91 Å². The van der Waals surface area contributed by atoms with Crippen LogP contribution in [0.5, 0.6) is 17.2 Å². The second-order valence-corrected chi connectivity index (χ2v) is 5.11. The zero-order valence-corrected chi connectivity index (χ0v) is 13.2. The number of rotatable bonds is 7. The van der Waals surface area contributed by atoms with Crippen molar-refractivity contribution in [3.05, 3.63) is 17.7 Å². The minimum absolute atomic E-state index is 0.0330. The summed E-state index contributed by atoms with van der Waals surface area (Å²) in [6.45, 7) is 6.09. The quantitative estimate of drug-likeness (QED) is 0.709. The van der Waals surface area contributed by atoms with Gasteiger partial charge in [0, 0.05) is 12.6 Å². The van der Waals surface area contributed by atoms with Crippen LogP contribution in [0.25, 0.3) is 0 Å². The van der Waals surface area contributed by atoms with E-state index in [2.05, 4.69) is 10.6 Å². The standard InChI is InChI=1S/C15H24N2O4/c1-9(2)17-15(19)10(3)16-8-11-6-12(20-4)14(18)13(7-11)21-5/h6-7,9-10,16,18H,8H2,1-5H3,(H,17,19). The van der Waals surface area contributed by atoms with Gasteiger partial charge in [-0.1, -0.05) is 0 Å². The van der Waals surface area contributed by atoms with Crippen molar-refractivity contribution in [1.29, 1.82) is 0 Å². The number of hydrogen-bond donors (Lipinski definition) is 3. The molecule has 1 amide bonds. The number of hydrogen-bond acceptors (Lipinski definition) is 5. The number of aromatic hydroxyl groups is 1. The zero-order valence-electron chi connectivity index (χ0n) is 13.2. The van der Waals surface area contributed by atoms with Gasteiger partial charge in [-0.15, -0.1) is 0 Å². The first-order valence-electron chi connectivity index (χ1n) is 6.86. The van der Waals surface area contributed by atoms with E-state index in [0.717, 1.165) is 5.56 Å². The molecule has 0 saturated carbocycles. The van der Waals surface area contributed by atoms with Crippen LogP contribution in [0.1, 0.15) is 26.3 Å². The summed E-state index contributed by atoms with van der Waals surface area (Å²) < 4.78 is 10.2. The molecule has 1 atom stereocenters. The SMILES string of the molecule is COc1cc(CNC(C)C(=O)NC(C)C)cc(OC)c1O. The fourth-order valence-electron chi connectivity index (χ4n) is 1.82. The van der Waals surface area contributed by atoms with Crippen molar-refractivity contribution in [2.75, 3.05) is 14.2 Å². The van der Waals surface area contributed by atoms with E-state index in [1.165, 1.54) is 14.2 Å². The van der Waals surface area contributed by atoms with Gasteiger partial charge in [0.2, 0.25) is 11.7 Å². The summed E-state index contributed by atoms with van der Waals surface area (Å²) in [5.74, 6) is 0.591. The number of carbonyl (C=O) groups is 1. The van der Waals surface area contributed by atoms with Gasteiger partial charge in [0.1, 0.15) is 0 Å². The van der Waals surface area contributed by atoms with Crippen molar-refractivity contribution < 1.29 is 19.4 Å². The molecule has 0 saturated heterocycles. The first-order valence-corrected chi connectivity index (χ1v) is 6.86. The molecule has 1 rings (SSSR count). The van der Waals surface area contributed by atoms with Gasteiger partial charge in [-0.25, -0.2) is 0 Å². The van der Waals surface area contributed by atoms with Crippen molar-refractivity contribution in [1.82, 2.24) is 10.6 Å². The molecule has 0 spiro atoms. The van der Waals surface area contributed by atoms with Gasteiger partial charge < -0.3 is 25.2 Å². The molecule has 6 heteroatoms. The van der Waals surface area contributed by atoms with E-state index in [1.807, 2.05) is 13.8 Å². The molecular weight excluding hydrogens is 272 g/mol. The summed E-state index contributed by atoms with van der Waals surface area (Å²) in [6, 6.07) is 3.20. The van der Waals surface area contributed by atoms with E-state index in [4.69, 9.17) is 9.47 Å². The minimum Gasteiger partial charge on any atom is -0.502 e. The molecule has 0 aromatic heterocycles. The van der Waals surface area contributed by atoms with E-state index in [0.29, 0.717) is 18.0 Å². The maximum atomic E-state index is 11.8. The van der Waals surface area contributed by atoms with E-state index in [1.54, 1.807) is 19.1 Å². The monoisotopic (exact) mass is 296 g/mol. The fraction of sp³-hybridized carbons (Fsp3) is 0.533. The number of nitrogens with one attached hydrogen (secondary N) is 2. The smallest absolute Gasteiger partial charge is 0.237 e. The Hall–Kier alpha value is -1.95. The summed E-state index contributed by atoms with van der Waals surface area (Å²) in [7, 11) is 2.95. The largest absolute Gasteiger partial charge is 0.502 e. The van der Waals surface area contributed by atoms with Gasteiger partial charge in [0.05, 0.1) is 20.3 Å². The van der Waals surface area contributed by atoms with Gasteiger partial charge >= 0.3 is 0 Å². The van der Waals surface area contributed by atoms with Gasteiger partial charge in [0.25, 0.3) is 0 Å². The topological polar surface area (TPSA) is 79.8 Å². The lowest BCUT2D eigenvalue weighted by Gasteiger charge is -2.17. The van der Waals surface area contributed by atoms with Gasteiger partial charge in [0.15, 0.2) is 11.5 Å². The molecule has 0 bridgehead atoms. The molecule has 3 N–H and O–H groups in total. The average Bonchev–Trinajstić information content (AvgIpc) is 2.44. The Bertz CT molecular complexity index is 464. The minimum atomic E-state index is -0.321. The number of amides is 1. The Morgan fingerprint density at radius 2 is 1.71 bits per heavy atom. The Morgan fingerprint density at radius 3 is 2.14 bits per heavy atom. The lowest BCUT2D eigenvalue weighted by atomic mass is 10.1. The van der Waals surface area contributed by atoms with Gasteiger partial charge in [-0.05, 0) is 38.5 Å². The van der Waals surface area contributed by atoms with E-state index in [-0.39, 0.29) is 23.7 Å². The molecule has 1 aromatic rings. The number of phenols is 1. The maximum absolute atomic E-state index is 11.8. The Balaban J connectivity index is 2.73. The van der Waals surface area contributed by atoms with Crippen LogP contribution in [0.3, 0.4) is 0 Å². The highest BCUT2D eigenvalue weighted by Crippen LogP contribution is 2.36. The van der Waals surface area contributed by atoms with Crippen LogP contribution >= 0.6 is 0 Å². The van der Waals surface area contributed by atoms with E-state index < -0.39 is 0 Å². The van der Waals surface area contributed by atoms with Crippen LogP contribution in [-0.2, 0) is 11.3 Å². The molecule has 0 heterocycles. The first-order chi connectivity index (χ1) is 9.88. The molecule has 0 aliphatic heterocycles. The Labute approximate surface area is 125 Å². The van der Waals surface area contributed by atoms with E-state index >= 15 is 0 Å². The Kier molecular flexibility index (Phi) is 6.30. The number of ether oxygens (including phenoxy) is 2. The lowest BCUT2D eigenvalue weighted by molar-refractivity contribution is -0.123. The van der Waals surface area contributed by atoms with Crippen LogP contribution in [0.4, 0.5) is 0 Å². The molecule has 1 aromatic carbocycles. The van der Waals surface area contributed by atoms with Crippen LogP contribution in [0.2, 0.25) is 0 Å². The van der Waals surface area contributed by atoms with Crippen molar-refractivity contribution in [3.63, 3.8) is 0 Å². The van der Waals surface area contributed by atoms with Gasteiger partial charge in [-0.3, -0.25) is 4.79 Å². The molecule has 0 radical (unpaired) electrons. The van der Waals surface area contributed by atoms with Crippen LogP contribution < -0.4 is 20.1 Å². The lowest BCUT2D eigenvalue weighted by Crippen LogP contribution is -2.44. The third-order valence-electron chi connectivity index (χ3n) is 2.98. The highest BCUT2D eigenvalue weighted by molar-refractivity contribution is 5.81. The van der Waals surface area contributed by atoms with Crippen LogP contribution in [0.15, 0.2) is 12.1 Å². The highest BCUT2D eigenvalue weighted by atomic mass is 16.5. The molecule has 0 aliphatic carbocycles. The van der Waals surface area contributed by atoms with Gasteiger partial charge in [-0.2, -0.15) is 0 Å². The highest BCUT2D eigenvalue weighted by Gasteiger charge is 2.15. The molecule has 21 heavy (non-hydrogen) atoms. The third kappa shape index (κ3) is 4.82. The fourth-order valence-corrected chi connectivity index (χ4v) is 1.82. The predicted octanol–water partition coefficient (Wildman–Crippen LogP) is 1.41. The summed E-state index contributed by atoms with van der Waals surface area (Å²) in [5, 5.41) is 15.8. The second kappa shape index (κ2) is 7.73. The number of carbonyl (C=O) groups excluding carboxylic acids is 1. The third-order valence-corrected chi connectivity index (χ3v) is 2.98. The summed E-state index contributed by atoms with van der Waals surface area (Å²) >= 11 is 0. The molecule has 6 nitrogen and oxygen atoms in total. The molecule has 118 valence electrons. The normalized spacial score (nSPS) is 12.1. The summed E-state index contributed by atoms with van der Waals surface area (Å²) in [5.41, 5.74) is 0.852. The zero-order chi connectivity index (χ0) is 16.0. The predicted molar refractivity (Wildman–Crippen MR) is 80.8 cm³/mol. The van der Waals surface area contributed by atoms with Crippen LogP contribution in [0, 0.1) is 0 Å². The molecule has 1 unspecified atom stereocenters. The Morgan fingerprint density at radius 1 is 1.19 bits per heavy atom. The molecule has 0 aliphatic rings. The first kappa shape index (κ1) is 17.1.